The van der Waals surface area contributed by atoms with Gasteiger partial charge in [0.1, 0.15) is 0 Å². The van der Waals surface area contributed by atoms with E-state index in [9.17, 15) is 0 Å². The molecule has 0 aliphatic rings. The first-order valence-electron chi connectivity index (χ1n) is 5.13. The Morgan fingerprint density at radius 1 is 1.06 bits per heavy atom. The molecule has 0 radical (unpaired) electrons. The molecule has 3 aromatic rings. The summed E-state index contributed by atoms with van der Waals surface area (Å²) in [6.45, 7) is 0. The molecule has 0 aliphatic carbocycles. The summed E-state index contributed by atoms with van der Waals surface area (Å²) >= 11 is 5.77. The normalized spacial score (nSPS) is 10.9. The van der Waals surface area contributed by atoms with Gasteiger partial charge in [0.2, 0.25) is 0 Å². The molecule has 3 rings (SSSR count). The van der Waals surface area contributed by atoms with Crippen LogP contribution in [0.25, 0.3) is 16.6 Å². The Kier molecular flexibility index (Phi) is 2.92. The Hall–Kier alpha value is -0.880. The van der Waals surface area contributed by atoms with E-state index in [-0.39, 0.29) is 0 Å². The topological polar surface area (TPSA) is 17.8 Å². The van der Waals surface area contributed by atoms with E-state index in [4.69, 9.17) is 0 Å². The van der Waals surface area contributed by atoms with Crippen LogP contribution in [0.15, 0.2) is 53.1 Å². The van der Waals surface area contributed by atoms with Crippen molar-refractivity contribution in [2.75, 3.05) is 0 Å². The number of hydrogen-bond donors (Lipinski definition) is 0. The van der Waals surface area contributed by atoms with Crippen LogP contribution >= 0.6 is 38.5 Å². The van der Waals surface area contributed by atoms with E-state index in [1.54, 1.807) is 0 Å². The van der Waals surface area contributed by atoms with Gasteiger partial charge < -0.3 is 0 Å². The van der Waals surface area contributed by atoms with Gasteiger partial charge in [-0.25, -0.2) is 4.68 Å². The van der Waals surface area contributed by atoms with Gasteiger partial charge in [0, 0.05) is 13.4 Å². The highest BCUT2D eigenvalue weighted by atomic mass is 127. The summed E-state index contributed by atoms with van der Waals surface area (Å²) in [5.41, 5.74) is 2.21. The molecular formula is C13H8BrIN2. The second-order valence-electron chi connectivity index (χ2n) is 3.74. The molecule has 0 amide bonds. The molecule has 0 saturated heterocycles. The van der Waals surface area contributed by atoms with E-state index < -0.39 is 0 Å². The lowest BCUT2D eigenvalue weighted by Crippen LogP contribution is -1.95. The van der Waals surface area contributed by atoms with Crippen molar-refractivity contribution in [1.29, 1.82) is 0 Å². The Morgan fingerprint density at radius 2 is 1.82 bits per heavy atom. The van der Waals surface area contributed by atoms with Crippen LogP contribution in [-0.4, -0.2) is 9.78 Å². The van der Waals surface area contributed by atoms with Crippen molar-refractivity contribution in [1.82, 2.24) is 9.78 Å². The molecule has 0 saturated carbocycles. The van der Waals surface area contributed by atoms with Crippen LogP contribution in [0.2, 0.25) is 0 Å². The van der Waals surface area contributed by atoms with Crippen LogP contribution in [0.4, 0.5) is 0 Å². The molecule has 0 aliphatic heterocycles. The monoisotopic (exact) mass is 398 g/mol. The van der Waals surface area contributed by atoms with E-state index in [1.165, 1.54) is 3.57 Å². The number of rotatable bonds is 1. The molecule has 1 aromatic heterocycles. The van der Waals surface area contributed by atoms with Gasteiger partial charge in [-0.1, -0.05) is 15.9 Å². The Morgan fingerprint density at radius 3 is 2.59 bits per heavy atom. The standard InChI is InChI=1S/C13H8BrIN2/c14-10-1-6-13-9(7-10)8-16-17(13)12-4-2-11(15)3-5-12/h1-8H. The second-order valence-corrected chi connectivity index (χ2v) is 5.90. The van der Waals surface area contributed by atoms with Gasteiger partial charge in [-0.15, -0.1) is 0 Å². The maximum Gasteiger partial charge on any atom is 0.0741 e. The Bertz CT molecular complexity index is 673. The molecule has 2 nitrogen and oxygen atoms in total. The fraction of sp³-hybridized carbons (Fsp3) is 0. The summed E-state index contributed by atoms with van der Waals surface area (Å²) in [7, 11) is 0. The van der Waals surface area contributed by atoms with Crippen LogP contribution in [0, 0.1) is 3.57 Å². The molecule has 84 valence electrons. The van der Waals surface area contributed by atoms with Crippen molar-refractivity contribution < 1.29 is 0 Å². The number of halogens is 2. The summed E-state index contributed by atoms with van der Waals surface area (Å²) in [5, 5.41) is 5.57. The minimum Gasteiger partial charge on any atom is -0.233 e. The Balaban J connectivity index is 2.21. The van der Waals surface area contributed by atoms with E-state index >= 15 is 0 Å². The summed E-state index contributed by atoms with van der Waals surface area (Å²) in [4.78, 5) is 0. The van der Waals surface area contributed by atoms with Gasteiger partial charge in [0.15, 0.2) is 0 Å². The van der Waals surface area contributed by atoms with Crippen LogP contribution in [0.1, 0.15) is 0 Å². The number of hydrogen-bond acceptors (Lipinski definition) is 1. The van der Waals surface area contributed by atoms with Crippen LogP contribution in [0.5, 0.6) is 0 Å². The summed E-state index contributed by atoms with van der Waals surface area (Å²) < 4.78 is 4.26. The molecule has 0 unspecified atom stereocenters. The Labute approximate surface area is 121 Å². The highest BCUT2D eigenvalue weighted by molar-refractivity contribution is 14.1. The smallest absolute Gasteiger partial charge is 0.0741 e. The van der Waals surface area contributed by atoms with Crippen LogP contribution in [0.3, 0.4) is 0 Å². The number of nitrogens with zero attached hydrogens (tertiary/aromatic N) is 2. The highest BCUT2D eigenvalue weighted by Crippen LogP contribution is 2.22. The fourth-order valence-electron chi connectivity index (χ4n) is 1.79. The summed E-state index contributed by atoms with van der Waals surface area (Å²) in [6, 6.07) is 14.5. The number of fused-ring (bicyclic) bond motifs is 1. The fourth-order valence-corrected chi connectivity index (χ4v) is 2.53. The van der Waals surface area contributed by atoms with Gasteiger partial charge in [-0.3, -0.25) is 0 Å². The maximum absolute atomic E-state index is 4.43. The van der Waals surface area contributed by atoms with Crippen molar-refractivity contribution in [3.8, 4) is 5.69 Å². The maximum atomic E-state index is 4.43. The molecule has 0 atom stereocenters. The molecule has 1 heterocycles. The van der Waals surface area contributed by atoms with Crippen molar-refractivity contribution in [2.24, 2.45) is 0 Å². The van der Waals surface area contributed by atoms with Gasteiger partial charge in [-0.2, -0.15) is 5.10 Å². The van der Waals surface area contributed by atoms with Crippen molar-refractivity contribution >= 4 is 49.4 Å². The third-order valence-corrected chi connectivity index (χ3v) is 3.81. The zero-order valence-corrected chi connectivity index (χ0v) is 12.5. The quantitative estimate of drug-likeness (QED) is 0.556. The van der Waals surface area contributed by atoms with Crippen molar-refractivity contribution in [3.05, 3.63) is 56.7 Å². The molecule has 2 aromatic carbocycles. The minimum absolute atomic E-state index is 1.08. The lowest BCUT2D eigenvalue weighted by atomic mass is 10.2. The van der Waals surface area contributed by atoms with Gasteiger partial charge in [0.05, 0.1) is 17.4 Å². The average Bonchev–Trinajstić information content (AvgIpc) is 2.73. The zero-order chi connectivity index (χ0) is 11.8. The molecule has 0 fully saturated rings. The SMILES string of the molecule is Brc1ccc2c(cnn2-c2ccc(I)cc2)c1. The third kappa shape index (κ3) is 2.11. The predicted octanol–water partition coefficient (Wildman–Crippen LogP) is 4.39. The summed E-state index contributed by atoms with van der Waals surface area (Å²) in [5.74, 6) is 0. The van der Waals surface area contributed by atoms with Crippen LogP contribution in [-0.2, 0) is 0 Å². The van der Waals surface area contributed by atoms with E-state index in [0.29, 0.717) is 0 Å². The van der Waals surface area contributed by atoms with Gasteiger partial charge in [0.25, 0.3) is 0 Å². The highest BCUT2D eigenvalue weighted by Gasteiger charge is 2.04. The minimum atomic E-state index is 1.08. The molecule has 0 spiro atoms. The molecule has 4 heteroatoms. The molecule has 0 N–H and O–H groups in total. The third-order valence-electron chi connectivity index (χ3n) is 2.60. The first-order chi connectivity index (χ1) is 8.24. The van der Waals surface area contributed by atoms with Crippen LogP contribution < -0.4 is 0 Å². The zero-order valence-electron chi connectivity index (χ0n) is 8.77. The van der Waals surface area contributed by atoms with Crippen molar-refractivity contribution in [2.45, 2.75) is 0 Å². The molecule has 0 bridgehead atoms. The number of benzene rings is 2. The molecular weight excluding hydrogens is 391 g/mol. The lowest BCUT2D eigenvalue weighted by molar-refractivity contribution is 0.910. The first-order valence-corrected chi connectivity index (χ1v) is 7.00. The number of aromatic nitrogens is 2. The van der Waals surface area contributed by atoms with Gasteiger partial charge >= 0.3 is 0 Å². The lowest BCUT2D eigenvalue weighted by Gasteiger charge is -2.03. The summed E-state index contributed by atoms with van der Waals surface area (Å²) in [6.07, 6.45) is 1.89. The van der Waals surface area contributed by atoms with E-state index in [2.05, 4.69) is 80.0 Å². The molecule has 17 heavy (non-hydrogen) atoms. The van der Waals surface area contributed by atoms with E-state index in [1.807, 2.05) is 16.9 Å². The first kappa shape index (κ1) is 11.2. The second kappa shape index (κ2) is 4.42. The average molecular weight is 399 g/mol. The van der Waals surface area contributed by atoms with Gasteiger partial charge in [-0.05, 0) is 65.1 Å². The predicted molar refractivity (Wildman–Crippen MR) is 81.5 cm³/mol. The van der Waals surface area contributed by atoms with Crippen molar-refractivity contribution in [3.63, 3.8) is 0 Å². The largest absolute Gasteiger partial charge is 0.233 e. The van der Waals surface area contributed by atoms with E-state index in [0.717, 1.165) is 21.1 Å².